The second-order valence-corrected chi connectivity index (χ2v) is 17.3. The number of quaternary nitrogens is 1. The maximum Gasteiger partial charge on any atom is 0.130 e. The Bertz CT molecular complexity index is 800. The van der Waals surface area contributed by atoms with E-state index in [-0.39, 0.29) is 30.7 Å². The third-order valence-electron chi connectivity index (χ3n) is 11.0. The second kappa shape index (κ2) is 43.4. The van der Waals surface area contributed by atoms with Crippen molar-refractivity contribution in [3.8, 4) is 0 Å². The molecule has 0 aliphatic carbocycles. The fourth-order valence-corrected chi connectivity index (χ4v) is 7.48. The van der Waals surface area contributed by atoms with E-state index in [9.17, 15) is 4.79 Å². The zero-order valence-corrected chi connectivity index (χ0v) is 38.2. The number of likely N-dealkylation sites (N-methyl/N-ethyl adjacent to an activating group) is 1. The predicted octanol–water partition coefficient (Wildman–Crippen LogP) is 12.1. The molecule has 0 saturated heterocycles. The lowest BCUT2D eigenvalue weighted by Gasteiger charge is -2.35. The number of allylic oxidation sites excluding steroid dienone is 4. The number of hydrogen-bond acceptors (Lipinski definition) is 3. The number of halogens is 1. The van der Waals surface area contributed by atoms with Crippen LogP contribution in [0.25, 0.3) is 0 Å². The minimum Gasteiger partial charge on any atom is -1.00 e. The van der Waals surface area contributed by atoms with Gasteiger partial charge in [-0.15, -0.1) is 0 Å². The van der Waals surface area contributed by atoms with Crippen molar-refractivity contribution in [1.29, 1.82) is 0 Å². The van der Waals surface area contributed by atoms with Gasteiger partial charge in [-0.1, -0.05) is 154 Å². The van der Waals surface area contributed by atoms with Gasteiger partial charge in [0, 0.05) is 6.42 Å². The Morgan fingerprint density at radius 3 is 1.30 bits per heavy atom. The van der Waals surface area contributed by atoms with Gasteiger partial charge in [0.15, 0.2) is 0 Å². The maximum absolute atomic E-state index is 10.6. The summed E-state index contributed by atoms with van der Waals surface area (Å²) in [7, 11) is 4.73. The van der Waals surface area contributed by atoms with Gasteiger partial charge in [-0.3, -0.25) is 0 Å². The van der Waals surface area contributed by atoms with Crippen molar-refractivity contribution >= 4 is 6.29 Å². The van der Waals surface area contributed by atoms with Gasteiger partial charge >= 0.3 is 0 Å². The Hall–Kier alpha value is -0.680. The average molecular weight is 783 g/mol. The van der Waals surface area contributed by atoms with Gasteiger partial charge in [0.2, 0.25) is 0 Å². The molecule has 0 bridgehead atoms. The van der Waals surface area contributed by atoms with Crippen molar-refractivity contribution in [3.05, 3.63) is 24.3 Å². The minimum absolute atomic E-state index is 0. The van der Waals surface area contributed by atoms with E-state index >= 15 is 0 Å². The second-order valence-electron chi connectivity index (χ2n) is 17.3. The Labute approximate surface area is 345 Å². The molecule has 0 saturated carbocycles. The molecular weight excluding hydrogens is 686 g/mol. The van der Waals surface area contributed by atoms with E-state index in [1.54, 1.807) is 0 Å². The standard InChI is InChI=1S/C49H96NO3.ClH/c1-7-9-11-13-15-17-19-21-23-25-27-29-33-37-41-47(3)52-46-49(45-50(5,6)43-39-35-31-32-36-40-44-51)53-48(4)42-38-34-30-28-26-24-22-20-18-16-14-12-10-8-2;/h21-24,44,47-49H,7-20,25-43,45-46H2,1-6H3;1H/q+1;/p-1. The third kappa shape index (κ3) is 42.5. The number of rotatable bonds is 43. The van der Waals surface area contributed by atoms with Crippen LogP contribution in [-0.2, 0) is 14.3 Å². The highest BCUT2D eigenvalue weighted by Gasteiger charge is 2.25. The summed E-state index contributed by atoms with van der Waals surface area (Å²) >= 11 is 0. The molecule has 54 heavy (non-hydrogen) atoms. The zero-order chi connectivity index (χ0) is 38.9. The fourth-order valence-electron chi connectivity index (χ4n) is 7.48. The Morgan fingerprint density at radius 1 is 0.481 bits per heavy atom. The van der Waals surface area contributed by atoms with E-state index in [1.807, 2.05) is 0 Å². The summed E-state index contributed by atoms with van der Waals surface area (Å²) < 4.78 is 14.2. The highest BCUT2D eigenvalue weighted by Crippen LogP contribution is 2.17. The average Bonchev–Trinajstić information content (AvgIpc) is 3.13. The summed E-state index contributed by atoms with van der Waals surface area (Å²) in [6, 6.07) is 0. The van der Waals surface area contributed by atoms with Crippen LogP contribution in [0.5, 0.6) is 0 Å². The number of aldehydes is 1. The molecule has 0 aromatic heterocycles. The number of hydrogen-bond donors (Lipinski definition) is 0. The topological polar surface area (TPSA) is 35.5 Å². The number of unbranched alkanes of at least 4 members (excludes halogenated alkanes) is 25. The Balaban J connectivity index is 0. The van der Waals surface area contributed by atoms with Crippen LogP contribution in [0, 0.1) is 0 Å². The first-order chi connectivity index (χ1) is 25.8. The molecule has 0 heterocycles. The van der Waals surface area contributed by atoms with Crippen molar-refractivity contribution in [1.82, 2.24) is 0 Å². The van der Waals surface area contributed by atoms with Crippen LogP contribution in [-0.4, -0.2) is 62.9 Å². The molecule has 0 aliphatic heterocycles. The molecule has 0 amide bonds. The highest BCUT2D eigenvalue weighted by atomic mass is 35.5. The monoisotopic (exact) mass is 782 g/mol. The molecular formula is C49H96ClNO3. The first-order valence-electron chi connectivity index (χ1n) is 23.7. The van der Waals surface area contributed by atoms with Crippen molar-refractivity contribution in [3.63, 3.8) is 0 Å². The SMILES string of the molecule is CCCCCCCCC=CCCCCCCC(C)OCC(C[N+](C)(C)CCCCCCCC=O)OC(C)CCCCCCC=CCCCCCCCC.[Cl-]. The maximum atomic E-state index is 10.6. The summed E-state index contributed by atoms with van der Waals surface area (Å²) in [6.45, 7) is 12.0. The van der Waals surface area contributed by atoms with Crippen molar-refractivity contribution in [2.75, 3.05) is 33.8 Å². The molecule has 0 rings (SSSR count). The molecule has 0 aromatic rings. The molecule has 0 aliphatic rings. The quantitative estimate of drug-likeness (QED) is 0.0267. The summed E-state index contributed by atoms with van der Waals surface area (Å²) in [5.41, 5.74) is 0. The summed E-state index contributed by atoms with van der Waals surface area (Å²) in [5.74, 6) is 0. The van der Waals surface area contributed by atoms with Gasteiger partial charge in [0.25, 0.3) is 0 Å². The van der Waals surface area contributed by atoms with Crippen LogP contribution in [0.3, 0.4) is 0 Å². The molecule has 0 aromatic carbocycles. The lowest BCUT2D eigenvalue weighted by Crippen LogP contribution is -3.00. The zero-order valence-electron chi connectivity index (χ0n) is 37.4. The molecule has 4 nitrogen and oxygen atoms in total. The molecule has 0 fully saturated rings. The Kier molecular flexibility index (Phi) is 44.6. The smallest absolute Gasteiger partial charge is 0.130 e. The number of ether oxygens (including phenoxy) is 2. The summed E-state index contributed by atoms with van der Waals surface area (Å²) in [6.07, 6.45) is 52.4. The minimum atomic E-state index is 0. The van der Waals surface area contributed by atoms with Gasteiger partial charge in [0.05, 0.1) is 39.5 Å². The van der Waals surface area contributed by atoms with Crippen LogP contribution >= 0.6 is 0 Å². The lowest BCUT2D eigenvalue weighted by molar-refractivity contribution is -0.893. The van der Waals surface area contributed by atoms with Gasteiger partial charge in [-0.25, -0.2) is 0 Å². The normalized spacial score (nSPS) is 13.8. The summed E-state index contributed by atoms with van der Waals surface area (Å²) in [4.78, 5) is 10.6. The fraction of sp³-hybridized carbons (Fsp3) is 0.898. The largest absolute Gasteiger partial charge is 1.00 e. The molecule has 322 valence electrons. The predicted molar refractivity (Wildman–Crippen MR) is 235 cm³/mol. The third-order valence-corrected chi connectivity index (χ3v) is 11.0. The van der Waals surface area contributed by atoms with E-state index in [0.29, 0.717) is 13.0 Å². The van der Waals surface area contributed by atoms with E-state index in [1.165, 1.54) is 186 Å². The van der Waals surface area contributed by atoms with Gasteiger partial charge in [-0.05, 0) is 97.3 Å². The summed E-state index contributed by atoms with van der Waals surface area (Å²) in [5, 5.41) is 0. The molecule has 0 N–H and O–H groups in total. The van der Waals surface area contributed by atoms with Crippen LogP contribution in [0.1, 0.15) is 233 Å². The Morgan fingerprint density at radius 2 is 0.852 bits per heavy atom. The van der Waals surface area contributed by atoms with E-state index < -0.39 is 0 Å². The number of carbonyl (C=O) groups excluding carboxylic acids is 1. The van der Waals surface area contributed by atoms with Gasteiger partial charge < -0.3 is 31.2 Å². The molecule has 0 radical (unpaired) electrons. The molecule has 3 unspecified atom stereocenters. The van der Waals surface area contributed by atoms with Crippen LogP contribution in [0.4, 0.5) is 0 Å². The molecule has 5 heteroatoms. The van der Waals surface area contributed by atoms with Gasteiger partial charge in [-0.2, -0.15) is 0 Å². The van der Waals surface area contributed by atoms with Crippen molar-refractivity contribution in [2.24, 2.45) is 0 Å². The number of nitrogens with zero attached hydrogens (tertiary/aromatic N) is 1. The lowest BCUT2D eigenvalue weighted by atomic mass is 10.1. The van der Waals surface area contributed by atoms with E-state index in [0.717, 1.165) is 36.6 Å². The first kappa shape index (κ1) is 55.4. The van der Waals surface area contributed by atoms with E-state index in [2.05, 4.69) is 66.1 Å². The van der Waals surface area contributed by atoms with Crippen LogP contribution in [0.2, 0.25) is 0 Å². The highest BCUT2D eigenvalue weighted by molar-refractivity contribution is 5.48. The van der Waals surface area contributed by atoms with Crippen LogP contribution in [0.15, 0.2) is 24.3 Å². The van der Waals surface area contributed by atoms with Crippen molar-refractivity contribution < 1.29 is 31.2 Å². The number of carbonyl (C=O) groups is 1. The van der Waals surface area contributed by atoms with Gasteiger partial charge in [0.1, 0.15) is 18.9 Å². The van der Waals surface area contributed by atoms with E-state index in [4.69, 9.17) is 9.47 Å². The first-order valence-corrected chi connectivity index (χ1v) is 23.7. The molecule has 3 atom stereocenters. The molecule has 0 spiro atoms. The van der Waals surface area contributed by atoms with Crippen LogP contribution < -0.4 is 12.4 Å². The van der Waals surface area contributed by atoms with Crippen molar-refractivity contribution in [2.45, 2.75) is 251 Å².